The van der Waals surface area contributed by atoms with Gasteiger partial charge in [0.1, 0.15) is 0 Å². The fourth-order valence-electron chi connectivity index (χ4n) is 3.88. The van der Waals surface area contributed by atoms with Crippen molar-refractivity contribution in [1.29, 1.82) is 0 Å². The van der Waals surface area contributed by atoms with Gasteiger partial charge < -0.3 is 0 Å². The molecule has 172 valence electrons. The normalized spacial score (nSPS) is 11.5. The van der Waals surface area contributed by atoms with Crippen LogP contribution in [0.2, 0.25) is 10.0 Å². The fraction of sp³-hybridized carbons (Fsp3) is 0.296. The van der Waals surface area contributed by atoms with Gasteiger partial charge in [-0.1, -0.05) is 61.3 Å². The van der Waals surface area contributed by atoms with Gasteiger partial charge in [0.05, 0.1) is 21.5 Å². The van der Waals surface area contributed by atoms with Crippen LogP contribution in [0.5, 0.6) is 0 Å². The summed E-state index contributed by atoms with van der Waals surface area (Å²) in [5.74, 6) is 0.473. The summed E-state index contributed by atoms with van der Waals surface area (Å²) in [6, 6.07) is 16.8. The number of aryl methyl sites for hydroxylation is 2. The first-order valence-electron chi connectivity index (χ1n) is 10.9. The van der Waals surface area contributed by atoms with Gasteiger partial charge in [0.15, 0.2) is 15.5 Å². The van der Waals surface area contributed by atoms with Crippen molar-refractivity contribution in [3.05, 3.63) is 92.8 Å². The molecular formula is C27H27Cl2NO2S. The summed E-state index contributed by atoms with van der Waals surface area (Å²) in [7, 11) is -3.18. The van der Waals surface area contributed by atoms with Gasteiger partial charge in [-0.3, -0.25) is 0 Å². The Morgan fingerprint density at radius 2 is 1.52 bits per heavy atom. The van der Waals surface area contributed by atoms with Crippen molar-refractivity contribution < 1.29 is 8.42 Å². The minimum Gasteiger partial charge on any atom is -0.238 e. The van der Waals surface area contributed by atoms with Gasteiger partial charge in [-0.05, 0) is 84.2 Å². The highest BCUT2D eigenvalue weighted by molar-refractivity contribution is 7.90. The van der Waals surface area contributed by atoms with E-state index in [-0.39, 0.29) is 0 Å². The van der Waals surface area contributed by atoms with Gasteiger partial charge in [0, 0.05) is 11.8 Å². The summed E-state index contributed by atoms with van der Waals surface area (Å²) in [5, 5.41) is 1.14. The Balaban J connectivity index is 1.73. The SMILES string of the molecule is [C-]#[N+]c1cc(-c2c(Cl)cc(CCCc3ccc(S(C)(=O)=O)cc3)cc2Cl)ccc1CC(C)C. The minimum absolute atomic E-state index is 0.332. The third-order valence-electron chi connectivity index (χ3n) is 5.51. The van der Waals surface area contributed by atoms with Gasteiger partial charge in [0.2, 0.25) is 0 Å². The molecule has 0 amide bonds. The molecule has 0 fully saturated rings. The molecule has 0 saturated carbocycles. The predicted molar refractivity (Wildman–Crippen MR) is 138 cm³/mol. The van der Waals surface area contributed by atoms with E-state index < -0.39 is 9.84 Å². The molecule has 0 aliphatic heterocycles. The lowest BCUT2D eigenvalue weighted by molar-refractivity contribution is 0.602. The lowest BCUT2D eigenvalue weighted by Crippen LogP contribution is -1.97. The highest BCUT2D eigenvalue weighted by atomic mass is 35.5. The van der Waals surface area contributed by atoms with Crippen LogP contribution in [0.1, 0.15) is 37.0 Å². The molecule has 0 heterocycles. The predicted octanol–water partition coefficient (Wildman–Crippen LogP) is 7.99. The van der Waals surface area contributed by atoms with E-state index in [1.807, 2.05) is 42.5 Å². The lowest BCUT2D eigenvalue weighted by atomic mass is 9.96. The van der Waals surface area contributed by atoms with Crippen LogP contribution in [-0.2, 0) is 29.1 Å². The molecule has 3 aromatic carbocycles. The van der Waals surface area contributed by atoms with Crippen LogP contribution in [0.4, 0.5) is 5.69 Å². The summed E-state index contributed by atoms with van der Waals surface area (Å²) < 4.78 is 23.2. The Hall–Kier alpha value is -2.32. The van der Waals surface area contributed by atoms with E-state index in [9.17, 15) is 8.42 Å². The smallest absolute Gasteiger partial charge is 0.191 e. The maximum absolute atomic E-state index is 11.6. The maximum atomic E-state index is 11.6. The Bertz CT molecular complexity index is 1270. The number of halogens is 2. The van der Waals surface area contributed by atoms with Crippen LogP contribution in [0, 0.1) is 12.5 Å². The zero-order chi connectivity index (χ0) is 24.2. The molecule has 3 nitrogen and oxygen atoms in total. The first-order valence-corrected chi connectivity index (χ1v) is 13.5. The van der Waals surface area contributed by atoms with E-state index in [0.717, 1.165) is 53.5 Å². The molecule has 33 heavy (non-hydrogen) atoms. The number of hydrogen-bond acceptors (Lipinski definition) is 2. The topological polar surface area (TPSA) is 38.5 Å². The van der Waals surface area contributed by atoms with E-state index >= 15 is 0 Å². The van der Waals surface area contributed by atoms with Crippen LogP contribution in [0.25, 0.3) is 16.0 Å². The van der Waals surface area contributed by atoms with Gasteiger partial charge in [-0.2, -0.15) is 0 Å². The molecule has 0 bridgehead atoms. The number of nitrogens with zero attached hydrogens (tertiary/aromatic N) is 1. The van der Waals surface area contributed by atoms with E-state index in [1.165, 1.54) is 6.26 Å². The molecule has 3 rings (SSSR count). The molecule has 0 saturated heterocycles. The largest absolute Gasteiger partial charge is 0.238 e. The van der Waals surface area contributed by atoms with Crippen LogP contribution in [0.3, 0.4) is 0 Å². The zero-order valence-electron chi connectivity index (χ0n) is 19.0. The molecule has 0 aromatic heterocycles. The van der Waals surface area contributed by atoms with Gasteiger partial charge >= 0.3 is 0 Å². The molecule has 0 spiro atoms. The standard InChI is InChI=1S/C27H27Cl2NO2S/c1-18(2)14-21-10-11-22(17-26(21)30-3)27-24(28)15-20(16-25(27)29)7-5-6-19-8-12-23(13-9-19)33(4,31)32/h8-13,15-18H,5-7,14H2,1-2,4H3. The van der Waals surface area contributed by atoms with E-state index in [1.54, 1.807) is 12.1 Å². The van der Waals surface area contributed by atoms with Gasteiger partial charge in [0.25, 0.3) is 0 Å². The average Bonchev–Trinajstić information content (AvgIpc) is 2.73. The lowest BCUT2D eigenvalue weighted by Gasteiger charge is -2.13. The number of sulfone groups is 1. The Labute approximate surface area is 207 Å². The van der Waals surface area contributed by atoms with E-state index in [2.05, 4.69) is 18.7 Å². The summed E-state index contributed by atoms with van der Waals surface area (Å²) in [5.41, 5.74) is 5.41. The van der Waals surface area contributed by atoms with Crippen LogP contribution in [-0.4, -0.2) is 14.7 Å². The van der Waals surface area contributed by atoms with Crippen molar-refractivity contribution >= 4 is 38.7 Å². The molecule has 0 aliphatic carbocycles. The molecule has 6 heteroatoms. The average molecular weight is 500 g/mol. The second-order valence-corrected chi connectivity index (χ2v) is 11.6. The molecule has 0 N–H and O–H groups in total. The van der Waals surface area contributed by atoms with Crippen molar-refractivity contribution in [2.75, 3.05) is 6.26 Å². The van der Waals surface area contributed by atoms with E-state index in [0.29, 0.717) is 26.5 Å². The van der Waals surface area contributed by atoms with Crippen molar-refractivity contribution in [1.82, 2.24) is 0 Å². The Morgan fingerprint density at radius 3 is 2.06 bits per heavy atom. The second kappa shape index (κ2) is 10.7. The van der Waals surface area contributed by atoms with Crippen molar-refractivity contribution in [2.45, 2.75) is 44.4 Å². The fourth-order valence-corrected chi connectivity index (χ4v) is 5.26. The molecule has 3 aromatic rings. The summed E-state index contributed by atoms with van der Waals surface area (Å²) >= 11 is 13.3. The number of hydrogen-bond donors (Lipinski definition) is 0. The Morgan fingerprint density at radius 1 is 0.909 bits per heavy atom. The second-order valence-electron chi connectivity index (χ2n) is 8.76. The van der Waals surface area contributed by atoms with Crippen molar-refractivity contribution in [3.63, 3.8) is 0 Å². The van der Waals surface area contributed by atoms with Crippen LogP contribution >= 0.6 is 23.2 Å². The van der Waals surface area contributed by atoms with Crippen molar-refractivity contribution in [3.8, 4) is 11.1 Å². The zero-order valence-corrected chi connectivity index (χ0v) is 21.4. The number of benzene rings is 3. The molecule has 0 atom stereocenters. The summed E-state index contributed by atoms with van der Waals surface area (Å²) in [6.45, 7) is 11.8. The first kappa shape index (κ1) is 25.3. The molecule has 0 aliphatic rings. The quantitative estimate of drug-likeness (QED) is 0.294. The molecular weight excluding hydrogens is 473 g/mol. The van der Waals surface area contributed by atoms with Crippen LogP contribution < -0.4 is 0 Å². The third kappa shape index (κ3) is 6.60. The van der Waals surface area contributed by atoms with Gasteiger partial charge in [-0.25, -0.2) is 13.3 Å². The minimum atomic E-state index is -3.18. The molecule has 0 radical (unpaired) electrons. The highest BCUT2D eigenvalue weighted by Gasteiger charge is 2.14. The van der Waals surface area contributed by atoms with Crippen LogP contribution in [0.15, 0.2) is 59.5 Å². The van der Waals surface area contributed by atoms with E-state index in [4.69, 9.17) is 29.8 Å². The third-order valence-corrected chi connectivity index (χ3v) is 7.23. The summed E-state index contributed by atoms with van der Waals surface area (Å²) in [4.78, 5) is 4.04. The molecule has 0 unspecified atom stereocenters. The highest BCUT2D eigenvalue weighted by Crippen LogP contribution is 2.38. The maximum Gasteiger partial charge on any atom is 0.191 e. The summed E-state index contributed by atoms with van der Waals surface area (Å²) in [6.07, 6.45) is 4.58. The number of rotatable bonds is 8. The first-order chi connectivity index (χ1) is 15.6. The van der Waals surface area contributed by atoms with Gasteiger partial charge in [-0.15, -0.1) is 0 Å². The Kier molecular flexibility index (Phi) is 8.23. The van der Waals surface area contributed by atoms with Crippen molar-refractivity contribution in [2.24, 2.45) is 5.92 Å². The monoisotopic (exact) mass is 499 g/mol.